The van der Waals surface area contributed by atoms with Crippen LogP contribution in [0.1, 0.15) is 6.92 Å². The minimum atomic E-state index is -0.255. The summed E-state index contributed by atoms with van der Waals surface area (Å²) in [6.07, 6.45) is 1.84. The van der Waals surface area contributed by atoms with Gasteiger partial charge in [0.15, 0.2) is 5.15 Å². The number of rotatable bonds is 4. The summed E-state index contributed by atoms with van der Waals surface area (Å²) in [6, 6.07) is 6.40. The molecule has 1 unspecified atom stereocenters. The second-order valence-corrected chi connectivity index (χ2v) is 7.45. The van der Waals surface area contributed by atoms with Gasteiger partial charge in [0.25, 0.3) is 5.56 Å². The molecule has 2 saturated heterocycles. The molecule has 8 nitrogen and oxygen atoms in total. The van der Waals surface area contributed by atoms with Crippen LogP contribution in [-0.4, -0.2) is 64.6 Å². The number of hydrogen-bond donors (Lipinski definition) is 1. The number of aromatic nitrogens is 3. The predicted molar refractivity (Wildman–Crippen MR) is 105 cm³/mol. The van der Waals surface area contributed by atoms with Gasteiger partial charge < -0.3 is 15.0 Å². The van der Waals surface area contributed by atoms with Crippen LogP contribution < -0.4 is 15.8 Å². The first-order valence-corrected chi connectivity index (χ1v) is 9.44. The van der Waals surface area contributed by atoms with Crippen LogP contribution in [0, 0.1) is 0 Å². The zero-order chi connectivity index (χ0) is 19.0. The molecular formula is C18H23ClN6O2. The first-order valence-electron chi connectivity index (χ1n) is 9.06. The van der Waals surface area contributed by atoms with E-state index in [9.17, 15) is 4.79 Å². The number of halogens is 1. The lowest BCUT2D eigenvalue weighted by Gasteiger charge is -2.46. The van der Waals surface area contributed by atoms with Gasteiger partial charge in [-0.2, -0.15) is 5.10 Å². The maximum absolute atomic E-state index is 12.1. The second kappa shape index (κ2) is 7.46. The lowest BCUT2D eigenvalue weighted by molar-refractivity contribution is -0.0691. The fourth-order valence-corrected chi connectivity index (χ4v) is 3.79. The van der Waals surface area contributed by atoms with Crippen molar-refractivity contribution >= 4 is 28.8 Å². The number of aryl methyl sites for hydroxylation is 1. The normalized spacial score (nSPS) is 21.1. The number of nitrogens with zero attached hydrogens (tertiary/aromatic N) is 5. The van der Waals surface area contributed by atoms with Crippen molar-refractivity contribution in [2.24, 2.45) is 7.05 Å². The third-order valence-corrected chi connectivity index (χ3v) is 5.36. The van der Waals surface area contributed by atoms with Gasteiger partial charge in [-0.3, -0.25) is 9.69 Å². The van der Waals surface area contributed by atoms with Crippen LogP contribution >= 0.6 is 11.6 Å². The Balaban J connectivity index is 1.44. The smallest absolute Gasteiger partial charge is 0.290 e. The van der Waals surface area contributed by atoms with E-state index in [0.29, 0.717) is 23.6 Å². The molecule has 0 saturated carbocycles. The highest BCUT2D eigenvalue weighted by Crippen LogP contribution is 2.24. The highest BCUT2D eigenvalue weighted by Gasteiger charge is 2.32. The zero-order valence-electron chi connectivity index (χ0n) is 15.4. The van der Waals surface area contributed by atoms with Crippen LogP contribution in [0.15, 0.2) is 29.2 Å². The van der Waals surface area contributed by atoms with E-state index in [1.807, 2.05) is 18.3 Å². The third-order valence-electron chi connectivity index (χ3n) is 5.17. The zero-order valence-corrected chi connectivity index (χ0v) is 16.2. The van der Waals surface area contributed by atoms with Gasteiger partial charge in [0.05, 0.1) is 31.1 Å². The number of ether oxygens (including phenoxy) is 1. The molecule has 0 amide bonds. The Kier molecular flexibility index (Phi) is 5.03. The first-order chi connectivity index (χ1) is 13.0. The summed E-state index contributed by atoms with van der Waals surface area (Å²) >= 11 is 5.93. The van der Waals surface area contributed by atoms with Gasteiger partial charge in [-0.05, 0) is 19.1 Å². The fraction of sp³-hybridized carbons (Fsp3) is 0.500. The van der Waals surface area contributed by atoms with Gasteiger partial charge in [-0.25, -0.2) is 9.67 Å². The van der Waals surface area contributed by atoms with Crippen molar-refractivity contribution < 1.29 is 4.74 Å². The van der Waals surface area contributed by atoms with Gasteiger partial charge in [0.2, 0.25) is 0 Å². The van der Waals surface area contributed by atoms with E-state index in [4.69, 9.17) is 16.3 Å². The number of piperazine rings is 1. The van der Waals surface area contributed by atoms with E-state index >= 15 is 0 Å². The molecule has 9 heteroatoms. The number of hydrogen-bond acceptors (Lipinski definition) is 7. The Labute approximate surface area is 162 Å². The van der Waals surface area contributed by atoms with Crippen LogP contribution in [0.2, 0.25) is 5.15 Å². The largest absolute Gasteiger partial charge is 0.378 e. The lowest BCUT2D eigenvalue weighted by Crippen LogP contribution is -2.59. The highest BCUT2D eigenvalue weighted by atomic mass is 35.5. The standard InChI is InChI=1S/C18H23ClN6O2/c1-12-9-24(14-10-27-11-14)5-6-25(12)13-3-4-17(20-8-13)21-15-7-16(19)22-23(2)18(15)26/h3-4,7-8,12,14H,5-6,9-11H2,1-2H3,(H,20,21). The monoisotopic (exact) mass is 390 g/mol. The van der Waals surface area contributed by atoms with Crippen LogP contribution in [0.25, 0.3) is 0 Å². The van der Waals surface area contributed by atoms with E-state index in [0.717, 1.165) is 38.5 Å². The van der Waals surface area contributed by atoms with Gasteiger partial charge in [0, 0.05) is 38.8 Å². The minimum absolute atomic E-state index is 0.250. The van der Waals surface area contributed by atoms with Gasteiger partial charge in [-0.15, -0.1) is 0 Å². The third kappa shape index (κ3) is 3.78. The predicted octanol–water partition coefficient (Wildman–Crippen LogP) is 1.48. The van der Waals surface area contributed by atoms with Crippen molar-refractivity contribution in [2.45, 2.75) is 19.0 Å². The molecule has 4 heterocycles. The summed E-state index contributed by atoms with van der Waals surface area (Å²) in [5.74, 6) is 0.594. The number of pyridine rings is 1. The molecule has 144 valence electrons. The molecule has 27 heavy (non-hydrogen) atoms. The van der Waals surface area contributed by atoms with E-state index in [2.05, 4.69) is 32.1 Å². The van der Waals surface area contributed by atoms with Gasteiger partial charge in [-0.1, -0.05) is 11.6 Å². The van der Waals surface area contributed by atoms with Crippen molar-refractivity contribution in [3.63, 3.8) is 0 Å². The minimum Gasteiger partial charge on any atom is -0.378 e. The second-order valence-electron chi connectivity index (χ2n) is 7.06. The molecule has 0 aliphatic carbocycles. The Morgan fingerprint density at radius 1 is 1.30 bits per heavy atom. The van der Waals surface area contributed by atoms with E-state index in [-0.39, 0.29) is 10.7 Å². The molecule has 2 aliphatic rings. The summed E-state index contributed by atoms with van der Waals surface area (Å²) in [5, 5.41) is 7.15. The van der Waals surface area contributed by atoms with Crippen molar-refractivity contribution in [3.05, 3.63) is 39.9 Å². The van der Waals surface area contributed by atoms with E-state index in [1.165, 1.54) is 10.7 Å². The van der Waals surface area contributed by atoms with Crippen molar-refractivity contribution in [1.82, 2.24) is 19.7 Å². The van der Waals surface area contributed by atoms with Crippen LogP contribution in [0.5, 0.6) is 0 Å². The van der Waals surface area contributed by atoms with Crippen LogP contribution in [-0.2, 0) is 11.8 Å². The maximum atomic E-state index is 12.1. The Hall–Kier alpha value is -2.16. The van der Waals surface area contributed by atoms with Crippen molar-refractivity contribution in [1.29, 1.82) is 0 Å². The van der Waals surface area contributed by atoms with Gasteiger partial charge in [0.1, 0.15) is 11.5 Å². The lowest BCUT2D eigenvalue weighted by atomic mass is 10.1. The van der Waals surface area contributed by atoms with Crippen molar-refractivity contribution in [3.8, 4) is 0 Å². The van der Waals surface area contributed by atoms with Crippen LogP contribution in [0.4, 0.5) is 17.2 Å². The molecule has 2 aliphatic heterocycles. The average molecular weight is 391 g/mol. The topological polar surface area (TPSA) is 75.5 Å². The Bertz CT molecular complexity index is 867. The average Bonchev–Trinajstić information content (AvgIpc) is 2.59. The van der Waals surface area contributed by atoms with E-state index in [1.54, 1.807) is 7.05 Å². The Morgan fingerprint density at radius 2 is 2.11 bits per heavy atom. The summed E-state index contributed by atoms with van der Waals surface area (Å²) in [5.41, 5.74) is 1.18. The molecule has 0 bridgehead atoms. The molecule has 4 rings (SSSR count). The van der Waals surface area contributed by atoms with Crippen molar-refractivity contribution in [2.75, 3.05) is 43.1 Å². The molecule has 0 spiro atoms. The molecule has 0 radical (unpaired) electrons. The summed E-state index contributed by atoms with van der Waals surface area (Å²) in [7, 11) is 1.56. The summed E-state index contributed by atoms with van der Waals surface area (Å²) < 4.78 is 6.51. The molecule has 2 aromatic rings. The molecule has 1 atom stereocenters. The SMILES string of the molecule is CC1CN(C2COC2)CCN1c1ccc(Nc2cc(Cl)nn(C)c2=O)nc1. The quantitative estimate of drug-likeness (QED) is 0.847. The summed E-state index contributed by atoms with van der Waals surface area (Å²) in [4.78, 5) is 21.5. The highest BCUT2D eigenvalue weighted by molar-refractivity contribution is 6.29. The molecule has 1 N–H and O–H groups in total. The van der Waals surface area contributed by atoms with Crippen LogP contribution in [0.3, 0.4) is 0 Å². The maximum Gasteiger partial charge on any atom is 0.290 e. The molecular weight excluding hydrogens is 368 g/mol. The molecule has 0 aromatic carbocycles. The number of anilines is 3. The van der Waals surface area contributed by atoms with E-state index < -0.39 is 0 Å². The summed E-state index contributed by atoms with van der Waals surface area (Å²) in [6.45, 7) is 6.97. The van der Waals surface area contributed by atoms with Gasteiger partial charge >= 0.3 is 0 Å². The molecule has 2 aromatic heterocycles. The number of nitrogens with one attached hydrogen (secondary N) is 1. The fourth-order valence-electron chi connectivity index (χ4n) is 3.57. The first kappa shape index (κ1) is 18.2. The Morgan fingerprint density at radius 3 is 2.74 bits per heavy atom. The molecule has 2 fully saturated rings.